The van der Waals surface area contributed by atoms with Gasteiger partial charge in [0.1, 0.15) is 0 Å². The van der Waals surface area contributed by atoms with E-state index < -0.39 is 0 Å². The molecule has 1 aliphatic carbocycles. The number of nitrogens with one attached hydrogen (secondary N) is 1. The summed E-state index contributed by atoms with van der Waals surface area (Å²) in [6.07, 6.45) is 7.16. The van der Waals surface area contributed by atoms with Gasteiger partial charge in [0.25, 0.3) is 0 Å². The quantitative estimate of drug-likeness (QED) is 0.897. The number of para-hydroxylation sites is 1. The summed E-state index contributed by atoms with van der Waals surface area (Å²) in [6.45, 7) is 3.23. The number of hydrogen-bond acceptors (Lipinski definition) is 2. The number of fused-ring (bicyclic) bond motifs is 1. The van der Waals surface area contributed by atoms with Crippen LogP contribution in [0.3, 0.4) is 0 Å². The summed E-state index contributed by atoms with van der Waals surface area (Å²) in [5.41, 5.74) is 1.27. The lowest BCUT2D eigenvalue weighted by atomic mass is 9.90. The van der Waals surface area contributed by atoms with Crippen molar-refractivity contribution in [2.45, 2.75) is 44.7 Å². The summed E-state index contributed by atoms with van der Waals surface area (Å²) < 4.78 is 2.24. The zero-order chi connectivity index (χ0) is 12.4. The average molecular weight is 243 g/mol. The van der Waals surface area contributed by atoms with Gasteiger partial charge in [-0.1, -0.05) is 38.0 Å². The molecular formula is C15H21N3. The van der Waals surface area contributed by atoms with E-state index >= 15 is 0 Å². The van der Waals surface area contributed by atoms with Gasteiger partial charge in [0, 0.05) is 11.4 Å². The molecule has 1 aromatic heterocycles. The fourth-order valence-electron chi connectivity index (χ4n) is 3.16. The van der Waals surface area contributed by atoms with Crippen molar-refractivity contribution in [2.24, 2.45) is 0 Å². The Labute approximate surface area is 108 Å². The molecule has 1 aromatic carbocycles. The third-order valence-corrected chi connectivity index (χ3v) is 4.01. The molecule has 2 aromatic rings. The van der Waals surface area contributed by atoms with Crippen LogP contribution < -0.4 is 5.32 Å². The Hall–Kier alpha value is -1.35. The van der Waals surface area contributed by atoms with Crippen LogP contribution in [-0.2, 0) is 0 Å². The van der Waals surface area contributed by atoms with Gasteiger partial charge in [0.2, 0.25) is 0 Å². The Kier molecular flexibility index (Phi) is 3.33. The van der Waals surface area contributed by atoms with Crippen LogP contribution in [0, 0.1) is 0 Å². The maximum absolute atomic E-state index is 4.63. The molecular weight excluding hydrogens is 222 g/mol. The maximum Gasteiger partial charge on any atom is 0.0686 e. The van der Waals surface area contributed by atoms with Gasteiger partial charge in [0.05, 0.1) is 17.8 Å². The third kappa shape index (κ3) is 2.03. The molecule has 0 radical (unpaired) electrons. The molecule has 96 valence electrons. The molecule has 1 heterocycles. The van der Waals surface area contributed by atoms with Crippen LogP contribution in [0.1, 0.15) is 38.6 Å². The van der Waals surface area contributed by atoms with Crippen molar-refractivity contribution in [1.82, 2.24) is 15.1 Å². The van der Waals surface area contributed by atoms with E-state index in [1.165, 1.54) is 36.6 Å². The molecule has 1 fully saturated rings. The minimum Gasteiger partial charge on any atom is -0.312 e. The van der Waals surface area contributed by atoms with E-state index in [1.807, 2.05) is 6.20 Å². The van der Waals surface area contributed by atoms with Crippen molar-refractivity contribution in [3.05, 3.63) is 30.5 Å². The number of nitrogens with zero attached hydrogens (tertiary/aromatic N) is 2. The zero-order valence-corrected chi connectivity index (χ0v) is 11.0. The molecule has 0 bridgehead atoms. The van der Waals surface area contributed by atoms with Gasteiger partial charge in [-0.25, -0.2) is 0 Å². The van der Waals surface area contributed by atoms with E-state index in [2.05, 4.69) is 46.3 Å². The molecule has 2 unspecified atom stereocenters. The van der Waals surface area contributed by atoms with E-state index in [0.29, 0.717) is 12.1 Å². The van der Waals surface area contributed by atoms with Crippen LogP contribution in [0.4, 0.5) is 0 Å². The predicted molar refractivity (Wildman–Crippen MR) is 74.7 cm³/mol. The summed E-state index contributed by atoms with van der Waals surface area (Å²) in [4.78, 5) is 0. The maximum atomic E-state index is 4.63. The van der Waals surface area contributed by atoms with Crippen molar-refractivity contribution in [3.63, 3.8) is 0 Å². The second-order valence-electron chi connectivity index (χ2n) is 5.16. The van der Waals surface area contributed by atoms with Crippen molar-refractivity contribution < 1.29 is 0 Å². The number of hydrogen-bond donors (Lipinski definition) is 1. The first-order valence-corrected chi connectivity index (χ1v) is 7.06. The third-order valence-electron chi connectivity index (χ3n) is 4.01. The second kappa shape index (κ2) is 5.11. The first-order valence-electron chi connectivity index (χ1n) is 7.06. The van der Waals surface area contributed by atoms with Gasteiger partial charge in [0.15, 0.2) is 0 Å². The van der Waals surface area contributed by atoms with Crippen LogP contribution in [0.2, 0.25) is 0 Å². The lowest BCUT2D eigenvalue weighted by Crippen LogP contribution is -2.40. The van der Waals surface area contributed by atoms with Crippen molar-refractivity contribution >= 4 is 10.9 Å². The second-order valence-corrected chi connectivity index (χ2v) is 5.16. The summed E-state index contributed by atoms with van der Waals surface area (Å²) in [5, 5.41) is 9.50. The predicted octanol–water partition coefficient (Wildman–Crippen LogP) is 3.13. The monoisotopic (exact) mass is 243 g/mol. The molecule has 3 heteroatoms. The molecule has 3 rings (SSSR count). The average Bonchev–Trinajstić information content (AvgIpc) is 2.84. The first kappa shape index (κ1) is 11.7. The van der Waals surface area contributed by atoms with Gasteiger partial charge < -0.3 is 5.32 Å². The summed E-state index contributed by atoms with van der Waals surface area (Å²) in [7, 11) is 0. The van der Waals surface area contributed by atoms with Gasteiger partial charge in [-0.2, -0.15) is 5.10 Å². The van der Waals surface area contributed by atoms with E-state index in [-0.39, 0.29) is 0 Å². The van der Waals surface area contributed by atoms with Crippen molar-refractivity contribution in [3.8, 4) is 0 Å². The van der Waals surface area contributed by atoms with Gasteiger partial charge >= 0.3 is 0 Å². The van der Waals surface area contributed by atoms with Gasteiger partial charge in [-0.3, -0.25) is 4.68 Å². The minimum absolute atomic E-state index is 0.513. The molecule has 2 atom stereocenters. The molecule has 0 saturated heterocycles. The smallest absolute Gasteiger partial charge is 0.0686 e. The minimum atomic E-state index is 0.513. The van der Waals surface area contributed by atoms with E-state index in [9.17, 15) is 0 Å². The molecule has 1 aliphatic rings. The van der Waals surface area contributed by atoms with Crippen molar-refractivity contribution in [1.29, 1.82) is 0 Å². The van der Waals surface area contributed by atoms with Crippen LogP contribution in [0.5, 0.6) is 0 Å². The molecule has 18 heavy (non-hydrogen) atoms. The molecule has 0 aliphatic heterocycles. The van der Waals surface area contributed by atoms with Gasteiger partial charge in [-0.05, 0) is 25.5 Å². The Morgan fingerprint density at radius 2 is 2.11 bits per heavy atom. The summed E-state index contributed by atoms with van der Waals surface area (Å²) in [6, 6.07) is 9.59. The van der Waals surface area contributed by atoms with Crippen molar-refractivity contribution in [2.75, 3.05) is 6.54 Å². The van der Waals surface area contributed by atoms with Crippen LogP contribution in [0.15, 0.2) is 30.5 Å². The molecule has 0 spiro atoms. The van der Waals surface area contributed by atoms with E-state index in [1.54, 1.807) is 0 Å². The molecule has 3 nitrogen and oxygen atoms in total. The summed E-state index contributed by atoms with van der Waals surface area (Å²) in [5.74, 6) is 0. The van der Waals surface area contributed by atoms with Crippen LogP contribution >= 0.6 is 0 Å². The lowest BCUT2D eigenvalue weighted by Gasteiger charge is -2.32. The largest absolute Gasteiger partial charge is 0.312 e. The fraction of sp³-hybridized carbons (Fsp3) is 0.533. The van der Waals surface area contributed by atoms with Crippen LogP contribution in [0.25, 0.3) is 10.9 Å². The van der Waals surface area contributed by atoms with E-state index in [4.69, 9.17) is 0 Å². The topological polar surface area (TPSA) is 29.9 Å². The highest BCUT2D eigenvalue weighted by atomic mass is 15.3. The normalized spacial score (nSPS) is 24.5. The highest BCUT2D eigenvalue weighted by Crippen LogP contribution is 2.30. The Morgan fingerprint density at radius 3 is 3.00 bits per heavy atom. The molecule has 0 amide bonds. The standard InChI is InChI=1S/C15H21N3/c1-2-16-13-8-4-6-10-15(13)18-14-9-5-3-7-12(14)11-17-18/h3,5,7,9,11,13,15-16H,2,4,6,8,10H2,1H3. The fourth-order valence-corrected chi connectivity index (χ4v) is 3.16. The summed E-state index contributed by atoms with van der Waals surface area (Å²) >= 11 is 0. The number of benzene rings is 1. The Bertz CT molecular complexity index is 515. The van der Waals surface area contributed by atoms with Gasteiger partial charge in [-0.15, -0.1) is 0 Å². The highest BCUT2D eigenvalue weighted by molar-refractivity contribution is 5.78. The zero-order valence-electron chi connectivity index (χ0n) is 11.0. The molecule has 1 N–H and O–H groups in total. The number of rotatable bonds is 3. The number of aromatic nitrogens is 2. The van der Waals surface area contributed by atoms with E-state index in [0.717, 1.165) is 6.54 Å². The first-order chi connectivity index (χ1) is 8.90. The highest BCUT2D eigenvalue weighted by Gasteiger charge is 2.27. The Balaban J connectivity index is 1.96. The number of likely N-dealkylation sites (N-methyl/N-ethyl adjacent to an activating group) is 1. The Morgan fingerprint density at radius 1 is 1.28 bits per heavy atom. The van der Waals surface area contributed by atoms with Crippen LogP contribution in [-0.4, -0.2) is 22.4 Å². The lowest BCUT2D eigenvalue weighted by molar-refractivity contribution is 0.255. The molecule has 1 saturated carbocycles. The SMILES string of the molecule is CCNC1CCCCC1n1ncc2ccccc21.